The number of carboxylic acid groups (broad SMARTS) is 1. The minimum absolute atomic E-state index is 0.559. The summed E-state index contributed by atoms with van der Waals surface area (Å²) in [6.07, 6.45) is 0. The summed E-state index contributed by atoms with van der Waals surface area (Å²) in [6, 6.07) is 7.00. The molecule has 0 saturated carbocycles. The van der Waals surface area contributed by atoms with Crippen LogP contribution in [0.3, 0.4) is 0 Å². The SMILES string of the molecule is CC(C(=O)O)c1cccc(P(C)(C)=O)c1. The van der Waals surface area contributed by atoms with E-state index in [1.54, 1.807) is 44.5 Å². The van der Waals surface area contributed by atoms with Crippen LogP contribution >= 0.6 is 7.14 Å². The van der Waals surface area contributed by atoms with Crippen LogP contribution in [0.5, 0.6) is 0 Å². The molecule has 1 atom stereocenters. The molecule has 1 aromatic rings. The Labute approximate surface area is 89.5 Å². The Morgan fingerprint density at radius 1 is 1.40 bits per heavy atom. The predicted octanol–water partition coefficient (Wildman–Crippen LogP) is 2.12. The predicted molar refractivity (Wildman–Crippen MR) is 61.6 cm³/mol. The van der Waals surface area contributed by atoms with Crippen molar-refractivity contribution in [1.82, 2.24) is 0 Å². The van der Waals surface area contributed by atoms with Crippen molar-refractivity contribution in [2.45, 2.75) is 12.8 Å². The summed E-state index contributed by atoms with van der Waals surface area (Å²) in [6.45, 7) is 4.98. The zero-order valence-corrected chi connectivity index (χ0v) is 9.99. The van der Waals surface area contributed by atoms with Gasteiger partial charge in [0.1, 0.15) is 7.14 Å². The van der Waals surface area contributed by atoms with Crippen molar-refractivity contribution in [3.05, 3.63) is 29.8 Å². The lowest BCUT2D eigenvalue weighted by molar-refractivity contribution is -0.138. The quantitative estimate of drug-likeness (QED) is 0.803. The smallest absolute Gasteiger partial charge is 0.310 e. The number of rotatable bonds is 3. The van der Waals surface area contributed by atoms with Crippen molar-refractivity contribution in [3.8, 4) is 0 Å². The third-order valence-corrected chi connectivity index (χ3v) is 3.88. The molecule has 0 aliphatic rings. The van der Waals surface area contributed by atoms with Gasteiger partial charge in [-0.15, -0.1) is 0 Å². The number of hydrogen-bond donors (Lipinski definition) is 1. The zero-order valence-electron chi connectivity index (χ0n) is 9.10. The molecule has 1 unspecified atom stereocenters. The summed E-state index contributed by atoms with van der Waals surface area (Å²) in [5, 5.41) is 9.59. The second-order valence-corrected chi connectivity index (χ2v) is 7.22. The highest BCUT2D eigenvalue weighted by Gasteiger charge is 2.17. The Morgan fingerprint density at radius 3 is 2.47 bits per heavy atom. The van der Waals surface area contributed by atoms with Crippen molar-refractivity contribution in [3.63, 3.8) is 0 Å². The molecule has 0 aliphatic heterocycles. The Morgan fingerprint density at radius 2 is 2.00 bits per heavy atom. The molecule has 1 rings (SSSR count). The van der Waals surface area contributed by atoms with Crippen LogP contribution in [0, 0.1) is 0 Å². The van der Waals surface area contributed by atoms with Crippen LogP contribution in [0.15, 0.2) is 24.3 Å². The summed E-state index contributed by atoms with van der Waals surface area (Å²) < 4.78 is 11.8. The van der Waals surface area contributed by atoms with E-state index in [1.807, 2.05) is 0 Å². The van der Waals surface area contributed by atoms with E-state index in [0.717, 1.165) is 5.30 Å². The molecule has 0 heterocycles. The maximum Gasteiger partial charge on any atom is 0.310 e. The van der Waals surface area contributed by atoms with Crippen molar-refractivity contribution < 1.29 is 14.5 Å². The molecule has 0 aromatic heterocycles. The van der Waals surface area contributed by atoms with E-state index in [9.17, 15) is 9.36 Å². The number of carbonyl (C=O) groups is 1. The normalized spacial score (nSPS) is 13.5. The molecule has 4 heteroatoms. The van der Waals surface area contributed by atoms with Gasteiger partial charge in [0.2, 0.25) is 0 Å². The summed E-state index contributed by atoms with van der Waals surface area (Å²) in [7, 11) is -2.31. The van der Waals surface area contributed by atoms with Crippen LogP contribution in [-0.2, 0) is 9.36 Å². The van der Waals surface area contributed by atoms with Crippen molar-refractivity contribution >= 4 is 18.4 Å². The molecule has 0 bridgehead atoms. The second kappa shape index (κ2) is 4.19. The highest BCUT2D eigenvalue weighted by Crippen LogP contribution is 2.35. The maximum absolute atomic E-state index is 11.8. The lowest BCUT2D eigenvalue weighted by Crippen LogP contribution is -2.11. The first-order valence-electron chi connectivity index (χ1n) is 4.70. The van der Waals surface area contributed by atoms with Gasteiger partial charge in [-0.3, -0.25) is 4.79 Å². The third-order valence-electron chi connectivity index (χ3n) is 2.36. The summed E-state index contributed by atoms with van der Waals surface area (Å²) in [4.78, 5) is 10.8. The van der Waals surface area contributed by atoms with Crippen molar-refractivity contribution in [1.29, 1.82) is 0 Å². The molecule has 82 valence electrons. The summed E-state index contributed by atoms with van der Waals surface area (Å²) >= 11 is 0. The van der Waals surface area contributed by atoms with E-state index < -0.39 is 19.0 Å². The van der Waals surface area contributed by atoms with Gasteiger partial charge < -0.3 is 9.67 Å². The third kappa shape index (κ3) is 2.93. The van der Waals surface area contributed by atoms with Crippen LogP contribution in [-0.4, -0.2) is 24.4 Å². The van der Waals surface area contributed by atoms with Gasteiger partial charge in [-0.25, -0.2) is 0 Å². The van der Waals surface area contributed by atoms with Gasteiger partial charge in [-0.1, -0.05) is 18.2 Å². The van der Waals surface area contributed by atoms with Crippen LogP contribution in [0.4, 0.5) is 0 Å². The zero-order chi connectivity index (χ0) is 11.6. The average molecular weight is 226 g/mol. The molecule has 0 aliphatic carbocycles. The van der Waals surface area contributed by atoms with E-state index in [2.05, 4.69) is 0 Å². The van der Waals surface area contributed by atoms with Gasteiger partial charge in [0.15, 0.2) is 0 Å². The molecule has 1 N–H and O–H groups in total. The fraction of sp³-hybridized carbons (Fsp3) is 0.364. The Kier molecular flexibility index (Phi) is 3.35. The first kappa shape index (κ1) is 12.0. The highest BCUT2D eigenvalue weighted by atomic mass is 31.2. The summed E-state index contributed by atoms with van der Waals surface area (Å²) in [5.41, 5.74) is 0.698. The van der Waals surface area contributed by atoms with E-state index in [0.29, 0.717) is 5.56 Å². The van der Waals surface area contributed by atoms with Crippen LogP contribution in [0.1, 0.15) is 18.4 Å². The van der Waals surface area contributed by atoms with Gasteiger partial charge in [-0.2, -0.15) is 0 Å². The lowest BCUT2D eigenvalue weighted by Gasteiger charge is -2.11. The van der Waals surface area contributed by atoms with Gasteiger partial charge in [0.05, 0.1) is 5.92 Å². The lowest BCUT2D eigenvalue weighted by atomic mass is 10.0. The fourth-order valence-electron chi connectivity index (χ4n) is 1.27. The number of aliphatic carboxylic acids is 1. The van der Waals surface area contributed by atoms with Crippen molar-refractivity contribution in [2.75, 3.05) is 13.3 Å². The van der Waals surface area contributed by atoms with Crippen molar-refractivity contribution in [2.24, 2.45) is 0 Å². The Bertz CT molecular complexity index is 420. The number of carboxylic acids is 1. The van der Waals surface area contributed by atoms with Crippen LogP contribution in [0.25, 0.3) is 0 Å². The monoisotopic (exact) mass is 226 g/mol. The molecule has 1 aromatic carbocycles. The Hall–Kier alpha value is -1.08. The fourth-order valence-corrected chi connectivity index (χ4v) is 2.18. The number of benzene rings is 1. The molecule has 0 saturated heterocycles. The molecule has 0 spiro atoms. The first-order valence-corrected chi connectivity index (χ1v) is 7.31. The summed E-state index contributed by atoms with van der Waals surface area (Å²) in [5.74, 6) is -1.43. The standard InChI is InChI=1S/C11H15O3P/c1-8(11(12)13)9-5-4-6-10(7-9)15(2,3)14/h4-8H,1-3H3,(H,12,13). The molecule has 0 fully saturated rings. The molecular formula is C11H15O3P. The van der Waals surface area contributed by atoms with E-state index in [-0.39, 0.29) is 0 Å². The van der Waals surface area contributed by atoms with E-state index in [1.165, 1.54) is 0 Å². The van der Waals surface area contributed by atoms with Gasteiger partial charge in [0.25, 0.3) is 0 Å². The first-order chi connectivity index (χ1) is 6.82. The molecular weight excluding hydrogens is 211 g/mol. The molecule has 3 nitrogen and oxygen atoms in total. The minimum atomic E-state index is -2.31. The largest absolute Gasteiger partial charge is 0.481 e. The molecule has 0 radical (unpaired) electrons. The van der Waals surface area contributed by atoms with E-state index >= 15 is 0 Å². The van der Waals surface area contributed by atoms with E-state index in [4.69, 9.17) is 5.11 Å². The van der Waals surface area contributed by atoms with Gasteiger partial charge in [0, 0.05) is 5.30 Å². The van der Waals surface area contributed by atoms with Gasteiger partial charge in [-0.05, 0) is 31.9 Å². The van der Waals surface area contributed by atoms with Crippen LogP contribution < -0.4 is 5.30 Å². The molecule has 0 amide bonds. The van der Waals surface area contributed by atoms with Crippen LogP contribution in [0.2, 0.25) is 0 Å². The average Bonchev–Trinajstić information content (AvgIpc) is 2.15. The Balaban J connectivity index is 3.14. The minimum Gasteiger partial charge on any atom is -0.481 e. The second-order valence-electron chi connectivity index (χ2n) is 4.01. The number of hydrogen-bond acceptors (Lipinski definition) is 2. The maximum atomic E-state index is 11.8. The van der Waals surface area contributed by atoms with Gasteiger partial charge >= 0.3 is 5.97 Å². The molecule has 15 heavy (non-hydrogen) atoms. The topological polar surface area (TPSA) is 54.4 Å². The highest BCUT2D eigenvalue weighted by molar-refractivity contribution is 7.70.